The van der Waals surface area contributed by atoms with E-state index in [1.807, 2.05) is 0 Å². The van der Waals surface area contributed by atoms with Crippen molar-refractivity contribution in [2.24, 2.45) is 0 Å². The quantitative estimate of drug-likeness (QED) is 0.443. The topological polar surface area (TPSA) is 21.3 Å². The molecule has 0 aliphatic carbocycles. The van der Waals surface area contributed by atoms with Crippen molar-refractivity contribution in [2.45, 2.75) is 43.6 Å². The molecule has 0 bridgehead atoms. The molecule has 2 nitrogen and oxygen atoms in total. The molecule has 0 amide bonds. The van der Waals surface area contributed by atoms with Crippen LogP contribution < -0.4 is 5.32 Å². The lowest BCUT2D eigenvalue weighted by atomic mass is 10.1. The number of hydrogen-bond donors (Lipinski definition) is 1. The number of alkyl halides is 1. The van der Waals surface area contributed by atoms with Crippen LogP contribution in [0.4, 0.5) is 0 Å². The van der Waals surface area contributed by atoms with Crippen LogP contribution >= 0.6 is 22.6 Å². The third-order valence-electron chi connectivity index (χ3n) is 1.64. The van der Waals surface area contributed by atoms with Crippen molar-refractivity contribution >= 4 is 22.6 Å². The summed E-state index contributed by atoms with van der Waals surface area (Å²) >= 11 is 2.45. The Morgan fingerprint density at radius 2 is 1.92 bits per heavy atom. The van der Waals surface area contributed by atoms with Crippen LogP contribution in [-0.2, 0) is 4.74 Å². The Kier molecular flexibility index (Phi) is 7.36. The monoisotopic (exact) mass is 299 g/mol. The van der Waals surface area contributed by atoms with Crippen LogP contribution in [-0.4, -0.2) is 29.2 Å². The van der Waals surface area contributed by atoms with Gasteiger partial charge in [-0.25, -0.2) is 0 Å². The molecule has 0 spiro atoms. The van der Waals surface area contributed by atoms with Gasteiger partial charge in [-0.2, -0.15) is 0 Å². The lowest BCUT2D eigenvalue weighted by Gasteiger charge is -2.16. The number of hydrogen-bond acceptors (Lipinski definition) is 2. The van der Waals surface area contributed by atoms with Gasteiger partial charge >= 0.3 is 0 Å². The second-order valence-corrected chi connectivity index (χ2v) is 7.11. The Bertz CT molecular complexity index is 121. The van der Waals surface area contributed by atoms with E-state index >= 15 is 0 Å². The Hall–Kier alpha value is 0.650. The number of ether oxygens (including phenoxy) is 1. The highest BCUT2D eigenvalue weighted by Gasteiger charge is 2.11. The van der Waals surface area contributed by atoms with Crippen LogP contribution in [0.1, 0.15) is 34.1 Å². The fourth-order valence-corrected chi connectivity index (χ4v) is 1.06. The van der Waals surface area contributed by atoms with Gasteiger partial charge in [0.2, 0.25) is 0 Å². The van der Waals surface area contributed by atoms with Crippen LogP contribution in [0.5, 0.6) is 0 Å². The van der Waals surface area contributed by atoms with E-state index in [4.69, 9.17) is 4.74 Å². The number of halogens is 1. The lowest BCUT2D eigenvalue weighted by molar-refractivity contribution is 0.128. The smallest absolute Gasteiger partial charge is 0.0591 e. The molecule has 0 unspecified atom stereocenters. The molecule has 0 aromatic heterocycles. The Labute approximate surface area is 95.9 Å². The second-order valence-electron chi connectivity index (χ2n) is 4.19. The molecule has 0 rings (SSSR count). The summed E-state index contributed by atoms with van der Waals surface area (Å²) < 4.78 is 5.86. The van der Waals surface area contributed by atoms with E-state index in [9.17, 15) is 0 Å². The summed E-state index contributed by atoms with van der Waals surface area (Å²) in [5.74, 6) is 0. The van der Waals surface area contributed by atoms with E-state index in [0.717, 1.165) is 26.2 Å². The molecule has 0 aliphatic heterocycles. The van der Waals surface area contributed by atoms with Crippen molar-refractivity contribution in [2.75, 3.05) is 19.8 Å². The van der Waals surface area contributed by atoms with Crippen molar-refractivity contribution < 1.29 is 4.74 Å². The maximum absolute atomic E-state index is 5.49. The van der Waals surface area contributed by atoms with Gasteiger partial charge in [0.1, 0.15) is 0 Å². The molecule has 0 fully saturated rings. The Morgan fingerprint density at radius 1 is 1.31 bits per heavy atom. The maximum Gasteiger partial charge on any atom is 0.0591 e. The summed E-state index contributed by atoms with van der Waals surface area (Å²) in [6.45, 7) is 11.4. The van der Waals surface area contributed by atoms with E-state index in [-0.39, 0.29) is 0 Å². The van der Waals surface area contributed by atoms with E-state index in [1.54, 1.807) is 0 Å². The molecule has 0 heterocycles. The standard InChI is InChI=1S/C10H22INO/c1-9(2)12-6-8-13-7-5-10(3,4)11/h9,12H,5-8H2,1-4H3. The van der Waals surface area contributed by atoms with Crippen LogP contribution in [0.25, 0.3) is 0 Å². The molecule has 1 N–H and O–H groups in total. The molecule has 0 atom stereocenters. The zero-order chi connectivity index (χ0) is 10.3. The van der Waals surface area contributed by atoms with Crippen LogP contribution in [0.2, 0.25) is 0 Å². The average molecular weight is 299 g/mol. The van der Waals surface area contributed by atoms with Gasteiger partial charge in [0.25, 0.3) is 0 Å². The molecule has 0 saturated carbocycles. The average Bonchev–Trinajstić information content (AvgIpc) is 1.93. The summed E-state index contributed by atoms with van der Waals surface area (Å²) in [7, 11) is 0. The minimum absolute atomic E-state index is 0.364. The Morgan fingerprint density at radius 3 is 2.38 bits per heavy atom. The highest BCUT2D eigenvalue weighted by Crippen LogP contribution is 2.20. The highest BCUT2D eigenvalue weighted by molar-refractivity contribution is 14.1. The molecular weight excluding hydrogens is 277 g/mol. The summed E-state index contributed by atoms with van der Waals surface area (Å²) in [4.78, 5) is 0. The van der Waals surface area contributed by atoms with Gasteiger partial charge in [0, 0.05) is 22.6 Å². The highest BCUT2D eigenvalue weighted by atomic mass is 127. The summed E-state index contributed by atoms with van der Waals surface area (Å²) in [5.41, 5.74) is 0. The first-order valence-corrected chi connectivity index (χ1v) is 6.00. The van der Waals surface area contributed by atoms with Gasteiger partial charge in [0.15, 0.2) is 0 Å². The predicted octanol–water partition coefficient (Wildman–Crippen LogP) is 2.60. The Balaban J connectivity index is 3.09. The van der Waals surface area contributed by atoms with E-state index in [0.29, 0.717) is 9.46 Å². The molecule has 0 aliphatic rings. The SMILES string of the molecule is CC(C)NCCOCCC(C)(C)I. The zero-order valence-corrected chi connectivity index (χ0v) is 11.3. The van der Waals surface area contributed by atoms with Crippen LogP contribution in [0.3, 0.4) is 0 Å². The number of nitrogens with one attached hydrogen (secondary N) is 1. The first kappa shape index (κ1) is 13.7. The summed E-state index contributed by atoms with van der Waals surface area (Å²) in [6.07, 6.45) is 1.12. The summed E-state index contributed by atoms with van der Waals surface area (Å²) in [6, 6.07) is 0.560. The van der Waals surface area contributed by atoms with Gasteiger partial charge in [0.05, 0.1) is 6.61 Å². The van der Waals surface area contributed by atoms with Crippen molar-refractivity contribution in [3.8, 4) is 0 Å². The summed E-state index contributed by atoms with van der Waals surface area (Å²) in [5, 5.41) is 3.32. The molecular formula is C10H22INO. The van der Waals surface area contributed by atoms with E-state index in [1.165, 1.54) is 0 Å². The minimum atomic E-state index is 0.364. The van der Waals surface area contributed by atoms with E-state index < -0.39 is 0 Å². The van der Waals surface area contributed by atoms with Crippen molar-refractivity contribution in [3.63, 3.8) is 0 Å². The van der Waals surface area contributed by atoms with Gasteiger partial charge in [-0.3, -0.25) is 0 Å². The molecule has 0 aromatic rings. The zero-order valence-electron chi connectivity index (χ0n) is 9.19. The molecule has 0 radical (unpaired) electrons. The first-order chi connectivity index (χ1) is 5.92. The van der Waals surface area contributed by atoms with Crippen molar-refractivity contribution in [3.05, 3.63) is 0 Å². The molecule has 0 saturated heterocycles. The van der Waals surface area contributed by atoms with Gasteiger partial charge < -0.3 is 10.1 Å². The van der Waals surface area contributed by atoms with Gasteiger partial charge in [-0.1, -0.05) is 50.3 Å². The largest absolute Gasteiger partial charge is 0.380 e. The normalized spacial score (nSPS) is 12.5. The third kappa shape index (κ3) is 12.6. The lowest BCUT2D eigenvalue weighted by Crippen LogP contribution is -2.27. The first-order valence-electron chi connectivity index (χ1n) is 4.92. The van der Waals surface area contributed by atoms with Gasteiger partial charge in [-0.15, -0.1) is 0 Å². The van der Waals surface area contributed by atoms with E-state index in [2.05, 4.69) is 55.6 Å². The molecule has 3 heteroatoms. The minimum Gasteiger partial charge on any atom is -0.380 e. The molecule has 13 heavy (non-hydrogen) atoms. The second kappa shape index (κ2) is 7.01. The fourth-order valence-electron chi connectivity index (χ4n) is 0.837. The number of rotatable bonds is 7. The van der Waals surface area contributed by atoms with Gasteiger partial charge in [-0.05, 0) is 6.42 Å². The van der Waals surface area contributed by atoms with Crippen LogP contribution in [0.15, 0.2) is 0 Å². The van der Waals surface area contributed by atoms with Crippen molar-refractivity contribution in [1.82, 2.24) is 5.32 Å². The maximum atomic E-state index is 5.49. The predicted molar refractivity (Wildman–Crippen MR) is 66.7 cm³/mol. The van der Waals surface area contributed by atoms with Crippen molar-refractivity contribution in [1.29, 1.82) is 0 Å². The third-order valence-corrected chi connectivity index (χ3v) is 2.18. The van der Waals surface area contributed by atoms with Crippen LogP contribution in [0, 0.1) is 0 Å². The fraction of sp³-hybridized carbons (Fsp3) is 1.00. The molecule has 80 valence electrons. The molecule has 0 aromatic carbocycles.